The summed E-state index contributed by atoms with van der Waals surface area (Å²) in [5, 5.41) is 14.5. The van der Waals surface area contributed by atoms with E-state index in [-0.39, 0.29) is 23.1 Å². The lowest BCUT2D eigenvalue weighted by Crippen LogP contribution is -2.50. The van der Waals surface area contributed by atoms with Crippen LogP contribution in [0, 0.1) is 0 Å². The first-order valence-electron chi connectivity index (χ1n) is 8.95. The maximum atomic E-state index is 12.6. The average Bonchev–Trinajstić information content (AvgIpc) is 3.11. The van der Waals surface area contributed by atoms with Crippen LogP contribution in [0.4, 0.5) is 0 Å². The Balaban J connectivity index is 1.47. The molecule has 1 unspecified atom stereocenters. The molecule has 1 atom stereocenters. The molecule has 0 bridgehead atoms. The Hall–Kier alpha value is -1.44. The van der Waals surface area contributed by atoms with Crippen LogP contribution >= 0.6 is 0 Å². The molecule has 1 amide bonds. The van der Waals surface area contributed by atoms with Crippen LogP contribution in [0.15, 0.2) is 6.07 Å². The second-order valence-electron chi connectivity index (χ2n) is 7.86. The topological polar surface area (TPSA) is 80.2 Å². The molecule has 4 rings (SSSR count). The van der Waals surface area contributed by atoms with Gasteiger partial charge in [-0.15, -0.1) is 0 Å². The molecule has 1 spiro atoms. The number of carbonyl (C=O) groups is 1. The number of ether oxygens (including phenoxy) is 1. The predicted octanol–water partition coefficient (Wildman–Crippen LogP) is 0.406. The van der Waals surface area contributed by atoms with Gasteiger partial charge in [-0.25, -0.2) is 0 Å². The van der Waals surface area contributed by atoms with Crippen LogP contribution < -0.4 is 16.0 Å². The van der Waals surface area contributed by atoms with Gasteiger partial charge in [-0.1, -0.05) is 0 Å². The molecule has 132 valence electrons. The van der Waals surface area contributed by atoms with Crippen molar-refractivity contribution in [3.05, 3.63) is 17.5 Å². The van der Waals surface area contributed by atoms with Gasteiger partial charge in [0.15, 0.2) is 5.69 Å². The summed E-state index contributed by atoms with van der Waals surface area (Å²) in [5.74, 6) is -0.0852. The highest BCUT2D eigenvalue weighted by Crippen LogP contribution is 2.31. The van der Waals surface area contributed by atoms with Crippen LogP contribution in [-0.2, 0) is 17.9 Å². The molecule has 1 aromatic heterocycles. The van der Waals surface area contributed by atoms with E-state index in [4.69, 9.17) is 4.74 Å². The van der Waals surface area contributed by atoms with Crippen LogP contribution in [0.2, 0.25) is 0 Å². The molecule has 3 aliphatic rings. The summed E-state index contributed by atoms with van der Waals surface area (Å²) >= 11 is 0. The zero-order chi connectivity index (χ0) is 16.8. The molecule has 1 aromatic rings. The van der Waals surface area contributed by atoms with Crippen molar-refractivity contribution in [2.45, 2.75) is 63.4 Å². The van der Waals surface area contributed by atoms with Crippen molar-refractivity contribution in [1.82, 2.24) is 25.7 Å². The van der Waals surface area contributed by atoms with E-state index >= 15 is 0 Å². The number of hydrogen-bond acceptors (Lipinski definition) is 5. The minimum absolute atomic E-state index is 0.0721. The van der Waals surface area contributed by atoms with Gasteiger partial charge >= 0.3 is 0 Å². The fourth-order valence-electron chi connectivity index (χ4n) is 4.06. The van der Waals surface area contributed by atoms with E-state index in [9.17, 15) is 4.79 Å². The van der Waals surface area contributed by atoms with Crippen LogP contribution in [0.3, 0.4) is 0 Å². The van der Waals surface area contributed by atoms with E-state index in [0.29, 0.717) is 12.3 Å². The van der Waals surface area contributed by atoms with Crippen LogP contribution in [0.25, 0.3) is 0 Å². The van der Waals surface area contributed by atoms with E-state index < -0.39 is 0 Å². The number of nitrogens with one attached hydrogen (secondary N) is 3. The molecular weight excluding hydrogens is 306 g/mol. The number of hydrogen-bond donors (Lipinski definition) is 3. The summed E-state index contributed by atoms with van der Waals surface area (Å²) < 4.78 is 8.12. The smallest absolute Gasteiger partial charge is 0.272 e. The van der Waals surface area contributed by atoms with Gasteiger partial charge in [-0.2, -0.15) is 5.10 Å². The first kappa shape index (κ1) is 16.1. The highest BCUT2D eigenvalue weighted by atomic mass is 16.5. The van der Waals surface area contributed by atoms with Gasteiger partial charge < -0.3 is 20.7 Å². The summed E-state index contributed by atoms with van der Waals surface area (Å²) in [6.45, 7) is 8.42. The number of aromatic nitrogens is 2. The lowest BCUT2D eigenvalue weighted by Gasteiger charge is -2.40. The molecule has 4 heterocycles. The molecule has 3 aliphatic heterocycles. The summed E-state index contributed by atoms with van der Waals surface area (Å²) in [5.41, 5.74) is 1.31. The molecule has 3 N–H and O–H groups in total. The first-order valence-corrected chi connectivity index (χ1v) is 8.95. The Morgan fingerprint density at radius 3 is 2.88 bits per heavy atom. The van der Waals surface area contributed by atoms with Crippen molar-refractivity contribution in [2.75, 3.05) is 19.6 Å². The summed E-state index contributed by atoms with van der Waals surface area (Å²) in [6.07, 6.45) is 2.94. The van der Waals surface area contributed by atoms with E-state index in [2.05, 4.69) is 34.9 Å². The van der Waals surface area contributed by atoms with Crippen LogP contribution in [0.5, 0.6) is 0 Å². The molecule has 7 heteroatoms. The Bertz CT molecular complexity index is 633. The van der Waals surface area contributed by atoms with Crippen molar-refractivity contribution >= 4 is 5.91 Å². The number of rotatable bonds is 2. The normalized spacial score (nSPS) is 27.8. The minimum atomic E-state index is -0.116. The van der Waals surface area contributed by atoms with Gasteiger partial charge in [-0.05, 0) is 58.8 Å². The molecule has 7 nitrogen and oxygen atoms in total. The zero-order valence-corrected chi connectivity index (χ0v) is 14.5. The fourth-order valence-corrected chi connectivity index (χ4v) is 4.06. The maximum Gasteiger partial charge on any atom is 0.272 e. The second-order valence-corrected chi connectivity index (χ2v) is 7.86. The van der Waals surface area contributed by atoms with Crippen LogP contribution in [0.1, 0.15) is 49.3 Å². The quantitative estimate of drug-likeness (QED) is 0.730. The first-order chi connectivity index (χ1) is 11.5. The molecule has 0 radical (unpaired) electrons. The molecule has 0 saturated carbocycles. The third-order valence-electron chi connectivity index (χ3n) is 5.77. The van der Waals surface area contributed by atoms with Gasteiger partial charge in [0.1, 0.15) is 0 Å². The van der Waals surface area contributed by atoms with Crippen molar-refractivity contribution in [3.8, 4) is 0 Å². The molecule has 0 aliphatic carbocycles. The van der Waals surface area contributed by atoms with Gasteiger partial charge in [0, 0.05) is 11.6 Å². The lowest BCUT2D eigenvalue weighted by atomic mass is 9.91. The predicted molar refractivity (Wildman–Crippen MR) is 89.8 cm³/mol. The number of fused-ring (bicyclic) bond motifs is 1. The number of carbonyl (C=O) groups excluding carboxylic acids is 1. The largest absolute Gasteiger partial charge is 0.367 e. The average molecular weight is 333 g/mol. The van der Waals surface area contributed by atoms with Gasteiger partial charge in [-0.3, -0.25) is 9.48 Å². The van der Waals surface area contributed by atoms with E-state index in [1.54, 1.807) is 0 Å². The van der Waals surface area contributed by atoms with Gasteiger partial charge in [0.2, 0.25) is 0 Å². The van der Waals surface area contributed by atoms with Crippen LogP contribution in [-0.4, -0.2) is 52.5 Å². The Morgan fingerprint density at radius 1 is 1.38 bits per heavy atom. The molecule has 2 saturated heterocycles. The highest BCUT2D eigenvalue weighted by Gasteiger charge is 2.39. The van der Waals surface area contributed by atoms with Crippen molar-refractivity contribution in [2.24, 2.45) is 0 Å². The maximum absolute atomic E-state index is 12.6. The fraction of sp³-hybridized carbons (Fsp3) is 0.765. The highest BCUT2D eigenvalue weighted by molar-refractivity contribution is 5.92. The molecule has 0 aromatic carbocycles. The third kappa shape index (κ3) is 2.85. The molecule has 24 heavy (non-hydrogen) atoms. The SMILES string of the molecule is CC1(C)NCCC1NC(=O)c1cc2n(n1)CC1(CCNCC1)OC2. The molecular formula is C17H27N5O2. The number of piperidine rings is 1. The van der Waals surface area contributed by atoms with Crippen molar-refractivity contribution in [3.63, 3.8) is 0 Å². The minimum Gasteiger partial charge on any atom is -0.367 e. The summed E-state index contributed by atoms with van der Waals surface area (Å²) in [4.78, 5) is 12.6. The Morgan fingerprint density at radius 2 is 2.17 bits per heavy atom. The monoisotopic (exact) mass is 333 g/mol. The second kappa shape index (κ2) is 5.82. The van der Waals surface area contributed by atoms with Crippen molar-refractivity contribution < 1.29 is 9.53 Å². The zero-order valence-electron chi connectivity index (χ0n) is 14.5. The Kier molecular flexibility index (Phi) is 3.89. The Labute approximate surface area is 142 Å². The molecule has 2 fully saturated rings. The van der Waals surface area contributed by atoms with Crippen molar-refractivity contribution in [1.29, 1.82) is 0 Å². The van der Waals surface area contributed by atoms with E-state index in [1.807, 2.05) is 10.7 Å². The summed E-state index contributed by atoms with van der Waals surface area (Å²) in [7, 11) is 0. The van der Waals surface area contributed by atoms with Gasteiger partial charge in [0.05, 0.1) is 24.4 Å². The lowest BCUT2D eigenvalue weighted by molar-refractivity contribution is -0.109. The summed E-state index contributed by atoms with van der Waals surface area (Å²) in [6, 6.07) is 2.01. The third-order valence-corrected chi connectivity index (χ3v) is 5.77. The van der Waals surface area contributed by atoms with Gasteiger partial charge in [0.25, 0.3) is 5.91 Å². The number of nitrogens with zero attached hydrogens (tertiary/aromatic N) is 2. The standard InChI is InChI=1S/C17H27N5O2/c1-16(2)14(3-6-19-16)20-15(23)13-9-12-10-24-17(11-22(12)21-13)4-7-18-8-5-17/h9,14,18-19H,3-8,10-11H2,1-2H3,(H,20,23). The van der Waals surface area contributed by atoms with E-state index in [1.165, 1.54) is 0 Å². The van der Waals surface area contributed by atoms with E-state index in [0.717, 1.165) is 51.1 Å². The number of amides is 1.